The number of amides is 1. The zero-order chi connectivity index (χ0) is 18.8. The summed E-state index contributed by atoms with van der Waals surface area (Å²) < 4.78 is 1.40. The highest BCUT2D eigenvalue weighted by molar-refractivity contribution is 7.20. The molecule has 146 valence electrons. The van der Waals surface area contributed by atoms with E-state index in [0.29, 0.717) is 4.96 Å². The van der Waals surface area contributed by atoms with Gasteiger partial charge in [-0.25, -0.2) is 4.98 Å². The van der Waals surface area contributed by atoms with Gasteiger partial charge in [-0.3, -0.25) is 9.59 Å². The van der Waals surface area contributed by atoms with E-state index >= 15 is 0 Å². The topological polar surface area (TPSA) is 79.6 Å². The Morgan fingerprint density at radius 1 is 1.22 bits per heavy atom. The maximum atomic E-state index is 12.5. The highest BCUT2D eigenvalue weighted by Crippen LogP contribution is 2.26. The molecule has 0 spiro atoms. The Labute approximate surface area is 162 Å². The summed E-state index contributed by atoms with van der Waals surface area (Å²) in [4.78, 5) is 32.0. The van der Waals surface area contributed by atoms with Crippen molar-refractivity contribution in [2.24, 2.45) is 5.92 Å². The van der Waals surface area contributed by atoms with Crippen LogP contribution >= 0.6 is 11.3 Å². The number of carbonyl (C=O) groups excluding carboxylic acids is 1. The SMILES string of the molecule is CCc1cc(=O)n2nc(N3CCC(NC(=O)C4CCCCC4)CC3)sc2n1. The molecule has 1 N–H and O–H groups in total. The molecule has 2 fully saturated rings. The average molecular weight is 390 g/mol. The Balaban J connectivity index is 1.37. The number of piperidine rings is 1. The Bertz CT molecular complexity index is 863. The molecule has 0 bridgehead atoms. The van der Waals surface area contributed by atoms with E-state index < -0.39 is 0 Å². The molecule has 3 heterocycles. The maximum Gasteiger partial charge on any atom is 0.275 e. The highest BCUT2D eigenvalue weighted by atomic mass is 32.1. The molecule has 2 aromatic rings. The average Bonchev–Trinajstić information content (AvgIpc) is 3.14. The molecule has 0 aromatic carbocycles. The van der Waals surface area contributed by atoms with E-state index in [0.717, 1.165) is 56.0 Å². The molecule has 4 rings (SSSR count). The molecule has 27 heavy (non-hydrogen) atoms. The van der Waals surface area contributed by atoms with Gasteiger partial charge in [-0.05, 0) is 32.1 Å². The minimum atomic E-state index is -0.117. The van der Waals surface area contributed by atoms with E-state index in [1.165, 1.54) is 35.1 Å². The highest BCUT2D eigenvalue weighted by Gasteiger charge is 2.27. The summed E-state index contributed by atoms with van der Waals surface area (Å²) in [6.45, 7) is 3.67. The molecule has 2 aromatic heterocycles. The van der Waals surface area contributed by atoms with Crippen LogP contribution in [0.5, 0.6) is 0 Å². The fourth-order valence-electron chi connectivity index (χ4n) is 4.05. The second-order valence-electron chi connectivity index (χ2n) is 7.62. The van der Waals surface area contributed by atoms with Crippen molar-refractivity contribution in [2.45, 2.75) is 64.3 Å². The van der Waals surface area contributed by atoms with Crippen LogP contribution in [0.4, 0.5) is 5.13 Å². The quantitative estimate of drug-likeness (QED) is 0.868. The van der Waals surface area contributed by atoms with Gasteiger partial charge in [-0.2, -0.15) is 4.52 Å². The first-order valence-corrected chi connectivity index (χ1v) is 10.9. The zero-order valence-electron chi connectivity index (χ0n) is 15.8. The van der Waals surface area contributed by atoms with Crippen LogP contribution in [0.1, 0.15) is 57.6 Å². The third kappa shape index (κ3) is 4.00. The van der Waals surface area contributed by atoms with E-state index in [2.05, 4.69) is 20.3 Å². The van der Waals surface area contributed by atoms with E-state index in [1.807, 2.05) is 6.92 Å². The number of nitrogens with zero attached hydrogens (tertiary/aromatic N) is 4. The van der Waals surface area contributed by atoms with Crippen molar-refractivity contribution in [2.75, 3.05) is 18.0 Å². The number of aryl methyl sites for hydroxylation is 1. The second kappa shape index (κ2) is 7.96. The van der Waals surface area contributed by atoms with Gasteiger partial charge in [0, 0.05) is 36.8 Å². The van der Waals surface area contributed by atoms with Crippen molar-refractivity contribution in [3.8, 4) is 0 Å². The van der Waals surface area contributed by atoms with Crippen LogP contribution in [0.25, 0.3) is 4.96 Å². The van der Waals surface area contributed by atoms with Gasteiger partial charge in [-0.15, -0.1) is 5.10 Å². The van der Waals surface area contributed by atoms with Crippen LogP contribution in [0.15, 0.2) is 10.9 Å². The summed E-state index contributed by atoms with van der Waals surface area (Å²) in [6.07, 6.45) is 8.28. The predicted octanol–water partition coefficient (Wildman–Crippen LogP) is 2.38. The van der Waals surface area contributed by atoms with Crippen LogP contribution in [0.2, 0.25) is 0 Å². The van der Waals surface area contributed by atoms with Crippen molar-refractivity contribution in [3.63, 3.8) is 0 Å². The van der Waals surface area contributed by atoms with Gasteiger partial charge in [0.25, 0.3) is 5.56 Å². The first kappa shape index (κ1) is 18.4. The van der Waals surface area contributed by atoms with E-state index in [9.17, 15) is 9.59 Å². The van der Waals surface area contributed by atoms with Gasteiger partial charge in [0.1, 0.15) is 0 Å². The molecule has 2 aliphatic rings. The zero-order valence-corrected chi connectivity index (χ0v) is 16.6. The molecule has 0 atom stereocenters. The summed E-state index contributed by atoms with van der Waals surface area (Å²) in [6, 6.07) is 1.81. The van der Waals surface area contributed by atoms with E-state index in [1.54, 1.807) is 6.07 Å². The summed E-state index contributed by atoms with van der Waals surface area (Å²) >= 11 is 1.46. The molecular formula is C19H27N5O2S. The predicted molar refractivity (Wildman–Crippen MR) is 106 cm³/mol. The summed E-state index contributed by atoms with van der Waals surface area (Å²) in [7, 11) is 0. The van der Waals surface area contributed by atoms with Crippen molar-refractivity contribution in [1.29, 1.82) is 0 Å². The lowest BCUT2D eigenvalue weighted by Crippen LogP contribution is -2.46. The largest absolute Gasteiger partial charge is 0.353 e. The smallest absolute Gasteiger partial charge is 0.275 e. The van der Waals surface area contributed by atoms with Gasteiger partial charge in [0.15, 0.2) is 0 Å². The van der Waals surface area contributed by atoms with Crippen LogP contribution in [-0.2, 0) is 11.2 Å². The van der Waals surface area contributed by atoms with Crippen LogP contribution in [0.3, 0.4) is 0 Å². The fourth-order valence-corrected chi connectivity index (χ4v) is 5.03. The van der Waals surface area contributed by atoms with Gasteiger partial charge >= 0.3 is 0 Å². The Hall–Kier alpha value is -1.96. The molecule has 1 saturated heterocycles. The fraction of sp³-hybridized carbons (Fsp3) is 0.684. The Morgan fingerprint density at radius 2 is 1.96 bits per heavy atom. The molecule has 1 aliphatic heterocycles. The number of nitrogens with one attached hydrogen (secondary N) is 1. The molecule has 0 unspecified atom stereocenters. The third-order valence-electron chi connectivity index (χ3n) is 5.74. The molecule has 1 saturated carbocycles. The third-order valence-corrected chi connectivity index (χ3v) is 6.71. The normalized spacial score (nSPS) is 19.5. The summed E-state index contributed by atoms with van der Waals surface area (Å²) in [5, 5.41) is 8.57. The van der Waals surface area contributed by atoms with Crippen molar-refractivity contribution >= 4 is 27.3 Å². The lowest BCUT2D eigenvalue weighted by molar-refractivity contribution is -0.126. The van der Waals surface area contributed by atoms with Gasteiger partial charge in [0.05, 0.1) is 0 Å². The summed E-state index contributed by atoms with van der Waals surface area (Å²) in [5.41, 5.74) is 0.688. The van der Waals surface area contributed by atoms with Crippen molar-refractivity contribution in [3.05, 3.63) is 22.1 Å². The second-order valence-corrected chi connectivity index (χ2v) is 8.56. The molecule has 0 radical (unpaired) electrons. The minimum absolute atomic E-state index is 0.117. The van der Waals surface area contributed by atoms with E-state index in [4.69, 9.17) is 0 Å². The van der Waals surface area contributed by atoms with Gasteiger partial charge < -0.3 is 10.2 Å². The molecule has 1 amide bonds. The number of anilines is 1. The number of hydrogen-bond acceptors (Lipinski definition) is 6. The van der Waals surface area contributed by atoms with Crippen molar-refractivity contribution < 1.29 is 4.79 Å². The first-order chi connectivity index (χ1) is 13.1. The lowest BCUT2D eigenvalue weighted by atomic mass is 9.88. The van der Waals surface area contributed by atoms with Crippen molar-refractivity contribution in [1.82, 2.24) is 19.9 Å². The Morgan fingerprint density at radius 3 is 2.67 bits per heavy atom. The molecular weight excluding hydrogens is 362 g/mol. The summed E-state index contributed by atoms with van der Waals surface area (Å²) in [5.74, 6) is 0.461. The molecule has 1 aliphatic carbocycles. The number of aromatic nitrogens is 3. The van der Waals surface area contributed by atoms with Crippen LogP contribution in [0, 0.1) is 5.92 Å². The van der Waals surface area contributed by atoms with Gasteiger partial charge in [-0.1, -0.05) is 37.5 Å². The molecule has 7 nitrogen and oxygen atoms in total. The van der Waals surface area contributed by atoms with Gasteiger partial charge in [0.2, 0.25) is 16.0 Å². The van der Waals surface area contributed by atoms with Crippen LogP contribution < -0.4 is 15.8 Å². The first-order valence-electron chi connectivity index (χ1n) is 10.1. The minimum Gasteiger partial charge on any atom is -0.353 e. The maximum absolute atomic E-state index is 12.5. The van der Waals surface area contributed by atoms with E-state index in [-0.39, 0.29) is 23.4 Å². The number of hydrogen-bond donors (Lipinski definition) is 1. The molecule has 8 heteroatoms. The number of fused-ring (bicyclic) bond motifs is 1. The number of carbonyl (C=O) groups is 1. The van der Waals surface area contributed by atoms with Crippen LogP contribution in [-0.4, -0.2) is 39.6 Å². The Kier molecular flexibility index (Phi) is 5.43. The lowest BCUT2D eigenvalue weighted by Gasteiger charge is -2.33. The standard InChI is InChI=1S/C19H27N5O2S/c1-2-14-12-16(25)24-18(21-14)27-19(22-24)23-10-8-15(9-11-23)20-17(26)13-6-4-3-5-7-13/h12-13,15H,2-11H2,1H3,(H,20,26). The monoisotopic (exact) mass is 389 g/mol. The number of rotatable bonds is 4.